The predicted octanol–water partition coefficient (Wildman–Crippen LogP) is 3.66. The van der Waals surface area contributed by atoms with Crippen molar-refractivity contribution in [2.75, 3.05) is 20.3 Å². The van der Waals surface area contributed by atoms with Crippen LogP contribution in [-0.4, -0.2) is 36.1 Å². The van der Waals surface area contributed by atoms with Gasteiger partial charge in [0.15, 0.2) is 0 Å². The Balaban J connectivity index is 1.64. The van der Waals surface area contributed by atoms with Gasteiger partial charge in [-0.25, -0.2) is 4.68 Å². The normalized spacial score (nSPS) is 22.8. The molecule has 2 heterocycles. The van der Waals surface area contributed by atoms with Crippen LogP contribution < -0.4 is 10.1 Å². The van der Waals surface area contributed by atoms with Gasteiger partial charge in [0.25, 0.3) is 0 Å². The van der Waals surface area contributed by atoms with Gasteiger partial charge in [-0.15, -0.1) is 0 Å². The van der Waals surface area contributed by atoms with Crippen molar-refractivity contribution in [1.82, 2.24) is 15.1 Å². The molecule has 1 atom stereocenters. The second-order valence-electron chi connectivity index (χ2n) is 8.31. The number of aromatic nitrogens is 2. The van der Waals surface area contributed by atoms with Gasteiger partial charge in [0.1, 0.15) is 5.75 Å². The number of nitrogens with zero attached hydrogens (tertiary/aromatic N) is 2. The monoisotopic (exact) mass is 355 g/mol. The van der Waals surface area contributed by atoms with Crippen LogP contribution in [0, 0.1) is 5.41 Å². The van der Waals surface area contributed by atoms with Crippen molar-refractivity contribution >= 4 is 0 Å². The highest BCUT2D eigenvalue weighted by Crippen LogP contribution is 2.42. The minimum absolute atomic E-state index is 0.250. The number of nitrogens with one attached hydrogen (secondary N) is 1. The van der Waals surface area contributed by atoms with Crippen LogP contribution in [0.3, 0.4) is 0 Å². The first-order valence-corrected chi connectivity index (χ1v) is 9.61. The highest BCUT2D eigenvalue weighted by Gasteiger charge is 2.36. The molecule has 1 saturated heterocycles. The first-order valence-electron chi connectivity index (χ1n) is 9.61. The Morgan fingerprint density at radius 2 is 1.92 bits per heavy atom. The predicted molar refractivity (Wildman–Crippen MR) is 102 cm³/mol. The van der Waals surface area contributed by atoms with E-state index < -0.39 is 0 Å². The molecule has 26 heavy (non-hydrogen) atoms. The fraction of sp³-hybridized carbons (Fsp3) is 0.571. The van der Waals surface area contributed by atoms with Crippen molar-refractivity contribution in [1.29, 1.82) is 0 Å². The van der Waals surface area contributed by atoms with E-state index in [1.165, 1.54) is 11.3 Å². The van der Waals surface area contributed by atoms with Crippen LogP contribution in [0.25, 0.3) is 5.69 Å². The van der Waals surface area contributed by atoms with E-state index >= 15 is 0 Å². The third kappa shape index (κ3) is 3.51. The number of rotatable bonds is 4. The summed E-state index contributed by atoms with van der Waals surface area (Å²) < 4.78 is 12.9. The molecule has 1 fully saturated rings. The Bertz CT molecular complexity index is 745. The maximum Gasteiger partial charge on any atom is 0.119 e. The standard InChI is InChI=1S/C21H29N3O2/c1-21(2)12-19(23-15-8-10-26-11-9-15)18-14-22-24(20(18)13-21)16-4-6-17(25-3)7-5-16/h4-7,14-15,19,23H,8-13H2,1-3H3. The summed E-state index contributed by atoms with van der Waals surface area (Å²) in [6.45, 7) is 6.46. The number of benzene rings is 1. The first-order chi connectivity index (χ1) is 12.6. The van der Waals surface area contributed by atoms with Gasteiger partial charge < -0.3 is 14.8 Å². The van der Waals surface area contributed by atoms with E-state index in [0.717, 1.165) is 50.3 Å². The molecule has 1 aromatic heterocycles. The molecule has 5 nitrogen and oxygen atoms in total. The van der Waals surface area contributed by atoms with Gasteiger partial charge >= 0.3 is 0 Å². The number of hydrogen-bond donors (Lipinski definition) is 1. The van der Waals surface area contributed by atoms with E-state index in [1.807, 2.05) is 12.1 Å². The second kappa shape index (κ2) is 7.05. The second-order valence-corrected chi connectivity index (χ2v) is 8.31. The third-order valence-corrected chi connectivity index (χ3v) is 5.65. The van der Waals surface area contributed by atoms with Gasteiger partial charge in [0.05, 0.1) is 19.0 Å². The van der Waals surface area contributed by atoms with Crippen molar-refractivity contribution in [2.24, 2.45) is 5.41 Å². The molecule has 0 saturated carbocycles. The smallest absolute Gasteiger partial charge is 0.119 e. The molecular formula is C21H29N3O2. The Kier molecular flexibility index (Phi) is 4.76. The first kappa shape index (κ1) is 17.6. The summed E-state index contributed by atoms with van der Waals surface area (Å²) in [4.78, 5) is 0. The largest absolute Gasteiger partial charge is 0.497 e. The van der Waals surface area contributed by atoms with Crippen LogP contribution in [0.15, 0.2) is 30.5 Å². The zero-order valence-electron chi connectivity index (χ0n) is 16.0. The lowest BCUT2D eigenvalue weighted by atomic mass is 9.74. The van der Waals surface area contributed by atoms with Gasteiger partial charge in [-0.1, -0.05) is 13.8 Å². The molecule has 0 spiro atoms. The van der Waals surface area contributed by atoms with E-state index in [1.54, 1.807) is 7.11 Å². The van der Waals surface area contributed by atoms with Crippen molar-refractivity contribution < 1.29 is 9.47 Å². The fourth-order valence-corrected chi connectivity index (χ4v) is 4.29. The van der Waals surface area contributed by atoms with E-state index in [0.29, 0.717) is 12.1 Å². The molecule has 0 radical (unpaired) electrons. The molecule has 5 heteroatoms. The molecule has 1 unspecified atom stereocenters. The minimum Gasteiger partial charge on any atom is -0.497 e. The van der Waals surface area contributed by atoms with Crippen molar-refractivity contribution in [3.05, 3.63) is 41.7 Å². The maximum absolute atomic E-state index is 5.51. The van der Waals surface area contributed by atoms with Crippen molar-refractivity contribution in [3.8, 4) is 11.4 Å². The molecule has 2 aromatic rings. The average molecular weight is 355 g/mol. The fourth-order valence-electron chi connectivity index (χ4n) is 4.29. The Morgan fingerprint density at radius 1 is 1.19 bits per heavy atom. The lowest BCUT2D eigenvalue weighted by molar-refractivity contribution is 0.0717. The average Bonchev–Trinajstić information content (AvgIpc) is 3.05. The quantitative estimate of drug-likeness (QED) is 0.909. The molecule has 1 aliphatic heterocycles. The van der Waals surface area contributed by atoms with Gasteiger partial charge in [0, 0.05) is 36.6 Å². The summed E-state index contributed by atoms with van der Waals surface area (Å²) in [5, 5.41) is 8.64. The number of hydrogen-bond acceptors (Lipinski definition) is 4. The van der Waals surface area contributed by atoms with Crippen LogP contribution in [0.1, 0.15) is 50.4 Å². The third-order valence-electron chi connectivity index (χ3n) is 5.65. The maximum atomic E-state index is 5.51. The summed E-state index contributed by atoms with van der Waals surface area (Å²) in [6, 6.07) is 9.05. The molecule has 0 bridgehead atoms. The van der Waals surface area contributed by atoms with E-state index in [4.69, 9.17) is 14.6 Å². The Morgan fingerprint density at radius 3 is 2.62 bits per heavy atom. The molecule has 4 rings (SSSR count). The molecule has 1 aromatic carbocycles. The summed E-state index contributed by atoms with van der Waals surface area (Å²) in [7, 11) is 1.69. The molecule has 140 valence electrons. The van der Waals surface area contributed by atoms with Crippen LogP contribution in [0.4, 0.5) is 0 Å². The van der Waals surface area contributed by atoms with E-state index in [2.05, 4.69) is 42.2 Å². The van der Waals surface area contributed by atoms with Crippen molar-refractivity contribution in [2.45, 2.75) is 51.6 Å². The lowest BCUT2D eigenvalue weighted by Crippen LogP contribution is -2.41. The van der Waals surface area contributed by atoms with Gasteiger partial charge in [-0.3, -0.25) is 0 Å². The summed E-state index contributed by atoms with van der Waals surface area (Å²) in [5.74, 6) is 0.870. The molecular weight excluding hydrogens is 326 g/mol. The summed E-state index contributed by atoms with van der Waals surface area (Å²) >= 11 is 0. The number of ether oxygens (including phenoxy) is 2. The van der Waals surface area contributed by atoms with Gasteiger partial charge in [0.2, 0.25) is 0 Å². The van der Waals surface area contributed by atoms with Crippen LogP contribution in [-0.2, 0) is 11.2 Å². The minimum atomic E-state index is 0.250. The van der Waals surface area contributed by atoms with Crippen LogP contribution >= 0.6 is 0 Å². The molecule has 1 aliphatic carbocycles. The van der Waals surface area contributed by atoms with Crippen LogP contribution in [0.5, 0.6) is 5.75 Å². The lowest BCUT2D eigenvalue weighted by Gasteiger charge is -2.38. The van der Waals surface area contributed by atoms with Gasteiger partial charge in [-0.05, 0) is 55.4 Å². The summed E-state index contributed by atoms with van der Waals surface area (Å²) in [6.07, 6.45) is 6.44. The SMILES string of the molecule is COc1ccc(-n2ncc3c2CC(C)(C)CC3NC2CCOCC2)cc1. The summed E-state index contributed by atoms with van der Waals surface area (Å²) in [5.41, 5.74) is 4.03. The highest BCUT2D eigenvalue weighted by atomic mass is 16.5. The van der Waals surface area contributed by atoms with Crippen LogP contribution in [0.2, 0.25) is 0 Å². The number of fused-ring (bicyclic) bond motifs is 1. The number of methoxy groups -OCH3 is 1. The van der Waals surface area contributed by atoms with Gasteiger partial charge in [-0.2, -0.15) is 5.10 Å². The van der Waals surface area contributed by atoms with E-state index in [-0.39, 0.29) is 5.41 Å². The zero-order valence-corrected chi connectivity index (χ0v) is 16.0. The molecule has 0 amide bonds. The molecule has 1 N–H and O–H groups in total. The topological polar surface area (TPSA) is 48.3 Å². The zero-order chi connectivity index (χ0) is 18.1. The Labute approximate surface area is 155 Å². The molecule has 2 aliphatic rings. The van der Waals surface area contributed by atoms with E-state index in [9.17, 15) is 0 Å². The van der Waals surface area contributed by atoms with Crippen molar-refractivity contribution in [3.63, 3.8) is 0 Å². The highest BCUT2D eigenvalue weighted by molar-refractivity contribution is 5.41. The Hall–Kier alpha value is -1.85.